The molecule has 0 unspecified atom stereocenters. The summed E-state index contributed by atoms with van der Waals surface area (Å²) in [6, 6.07) is 1.87. The summed E-state index contributed by atoms with van der Waals surface area (Å²) in [5, 5.41) is 4.27. The second-order valence-electron chi connectivity index (χ2n) is 5.99. The molecule has 0 spiro atoms. The number of aryl methyl sites for hydroxylation is 2. The van der Waals surface area contributed by atoms with Gasteiger partial charge in [0.15, 0.2) is 0 Å². The Kier molecular flexibility index (Phi) is 3.27. The molecule has 4 heterocycles. The van der Waals surface area contributed by atoms with Gasteiger partial charge in [-0.2, -0.15) is 4.98 Å². The van der Waals surface area contributed by atoms with Crippen LogP contribution in [0, 0.1) is 13.8 Å². The van der Waals surface area contributed by atoms with Gasteiger partial charge in [-0.05, 0) is 19.9 Å². The van der Waals surface area contributed by atoms with Crippen molar-refractivity contribution in [1.82, 2.24) is 34.0 Å². The zero-order valence-electron chi connectivity index (χ0n) is 13.8. The summed E-state index contributed by atoms with van der Waals surface area (Å²) in [7, 11) is 0. The van der Waals surface area contributed by atoms with Gasteiger partial charge in [-0.1, -0.05) is 0 Å². The molecule has 1 aliphatic heterocycles. The van der Waals surface area contributed by atoms with Crippen LogP contribution in [0.25, 0.3) is 5.78 Å². The standard InChI is InChI=1S/C15H16N8O2/c1-8-5-9(2)23-15(18-8)19-13(20-23)14(25)21-3-4-22-10(12(16)24)6-17-11(22)7-21/h5-6H,3-4,7H2,1-2H3,(H2,16,24). The Morgan fingerprint density at radius 3 is 2.76 bits per heavy atom. The predicted octanol–water partition coefficient (Wildman–Crippen LogP) is -0.307. The summed E-state index contributed by atoms with van der Waals surface area (Å²) in [5.74, 6) is 0.281. The molecule has 3 aromatic heterocycles. The van der Waals surface area contributed by atoms with E-state index in [1.165, 1.54) is 6.20 Å². The SMILES string of the molecule is Cc1cc(C)n2nc(C(=O)N3CCn4c(C(N)=O)cnc4C3)nc2n1. The number of nitrogens with zero attached hydrogens (tertiary/aromatic N) is 7. The molecule has 10 heteroatoms. The molecule has 2 amide bonds. The van der Waals surface area contributed by atoms with Crippen LogP contribution in [-0.4, -0.2) is 52.4 Å². The molecular weight excluding hydrogens is 324 g/mol. The van der Waals surface area contributed by atoms with Crippen LogP contribution in [0.1, 0.15) is 38.3 Å². The quantitative estimate of drug-likeness (QED) is 0.682. The molecule has 0 aliphatic carbocycles. The molecule has 3 aromatic rings. The van der Waals surface area contributed by atoms with Gasteiger partial charge in [-0.3, -0.25) is 9.59 Å². The number of primary amides is 1. The summed E-state index contributed by atoms with van der Waals surface area (Å²) in [5.41, 5.74) is 7.35. The van der Waals surface area contributed by atoms with Gasteiger partial charge in [0.25, 0.3) is 17.6 Å². The Hall–Kier alpha value is -3.30. The lowest BCUT2D eigenvalue weighted by atomic mass is 10.3. The minimum atomic E-state index is -0.530. The van der Waals surface area contributed by atoms with Crippen LogP contribution >= 0.6 is 0 Å². The number of aromatic nitrogens is 6. The lowest BCUT2D eigenvalue weighted by Crippen LogP contribution is -2.39. The number of carbonyl (C=O) groups is 2. The summed E-state index contributed by atoms with van der Waals surface area (Å²) < 4.78 is 3.29. The first-order valence-corrected chi connectivity index (χ1v) is 7.78. The molecule has 0 bridgehead atoms. The van der Waals surface area contributed by atoms with Crippen LogP contribution in [0.2, 0.25) is 0 Å². The van der Waals surface area contributed by atoms with E-state index in [9.17, 15) is 9.59 Å². The Bertz CT molecular complexity index is 1020. The van der Waals surface area contributed by atoms with Gasteiger partial charge >= 0.3 is 0 Å². The van der Waals surface area contributed by atoms with Crippen molar-refractivity contribution >= 4 is 17.6 Å². The normalized spacial score (nSPS) is 13.9. The first-order valence-electron chi connectivity index (χ1n) is 7.78. The van der Waals surface area contributed by atoms with Crippen LogP contribution in [-0.2, 0) is 13.1 Å². The number of imidazole rings is 1. The number of hydrogen-bond donors (Lipinski definition) is 1. The van der Waals surface area contributed by atoms with E-state index in [-0.39, 0.29) is 18.3 Å². The fourth-order valence-corrected chi connectivity index (χ4v) is 3.03. The highest BCUT2D eigenvalue weighted by atomic mass is 16.2. The zero-order chi connectivity index (χ0) is 17.7. The lowest BCUT2D eigenvalue weighted by Gasteiger charge is -2.27. The van der Waals surface area contributed by atoms with Crippen molar-refractivity contribution in [3.63, 3.8) is 0 Å². The van der Waals surface area contributed by atoms with Crippen LogP contribution in [0.5, 0.6) is 0 Å². The smallest absolute Gasteiger partial charge is 0.294 e. The van der Waals surface area contributed by atoms with Gasteiger partial charge in [0.1, 0.15) is 11.5 Å². The molecule has 0 aromatic carbocycles. The third kappa shape index (κ3) is 2.42. The molecule has 0 atom stereocenters. The summed E-state index contributed by atoms with van der Waals surface area (Å²) in [4.78, 5) is 38.5. The minimum absolute atomic E-state index is 0.0938. The third-order valence-corrected chi connectivity index (χ3v) is 4.21. The number of hydrogen-bond acceptors (Lipinski definition) is 6. The molecule has 4 rings (SSSR count). The summed E-state index contributed by atoms with van der Waals surface area (Å²) in [6.45, 7) is 4.89. The van der Waals surface area contributed by atoms with Crippen molar-refractivity contribution in [3.8, 4) is 0 Å². The molecule has 1 aliphatic rings. The van der Waals surface area contributed by atoms with Crippen molar-refractivity contribution in [2.45, 2.75) is 26.9 Å². The molecule has 0 fully saturated rings. The second-order valence-corrected chi connectivity index (χ2v) is 5.99. The average Bonchev–Trinajstić information content (AvgIpc) is 3.17. The van der Waals surface area contributed by atoms with Gasteiger partial charge in [-0.15, -0.1) is 5.10 Å². The molecule has 2 N–H and O–H groups in total. The van der Waals surface area contributed by atoms with Crippen LogP contribution in [0.3, 0.4) is 0 Å². The van der Waals surface area contributed by atoms with Crippen LogP contribution in [0.15, 0.2) is 12.3 Å². The number of fused-ring (bicyclic) bond motifs is 2. The van der Waals surface area contributed by atoms with Crippen molar-refractivity contribution in [3.05, 3.63) is 41.0 Å². The van der Waals surface area contributed by atoms with E-state index in [4.69, 9.17) is 5.73 Å². The molecule has 0 saturated heterocycles. The number of amides is 2. The highest BCUT2D eigenvalue weighted by molar-refractivity contribution is 5.92. The monoisotopic (exact) mass is 340 g/mol. The van der Waals surface area contributed by atoms with Crippen LogP contribution in [0.4, 0.5) is 0 Å². The van der Waals surface area contributed by atoms with Gasteiger partial charge in [0.2, 0.25) is 5.82 Å². The molecule has 128 valence electrons. The van der Waals surface area contributed by atoms with E-state index in [2.05, 4.69) is 20.1 Å². The Balaban J connectivity index is 1.63. The van der Waals surface area contributed by atoms with Gasteiger partial charge in [-0.25, -0.2) is 14.5 Å². The largest absolute Gasteiger partial charge is 0.364 e. The van der Waals surface area contributed by atoms with Crippen molar-refractivity contribution < 1.29 is 9.59 Å². The second kappa shape index (κ2) is 5.36. The predicted molar refractivity (Wildman–Crippen MR) is 85.7 cm³/mol. The maximum atomic E-state index is 12.7. The fraction of sp³-hybridized carbons (Fsp3) is 0.333. The molecule has 10 nitrogen and oxygen atoms in total. The van der Waals surface area contributed by atoms with E-state index in [0.29, 0.717) is 30.4 Å². The number of carbonyl (C=O) groups excluding carboxylic acids is 2. The van der Waals surface area contributed by atoms with Gasteiger partial charge in [0.05, 0.1) is 12.7 Å². The van der Waals surface area contributed by atoms with E-state index >= 15 is 0 Å². The van der Waals surface area contributed by atoms with Crippen molar-refractivity contribution in [2.24, 2.45) is 5.73 Å². The maximum absolute atomic E-state index is 12.7. The Labute approximate surface area is 142 Å². The number of rotatable bonds is 2. The van der Waals surface area contributed by atoms with Gasteiger partial charge < -0.3 is 15.2 Å². The van der Waals surface area contributed by atoms with E-state index in [1.54, 1.807) is 14.0 Å². The maximum Gasteiger partial charge on any atom is 0.294 e. The van der Waals surface area contributed by atoms with Crippen molar-refractivity contribution in [2.75, 3.05) is 6.54 Å². The minimum Gasteiger partial charge on any atom is -0.364 e. The fourth-order valence-electron chi connectivity index (χ4n) is 3.03. The highest BCUT2D eigenvalue weighted by Crippen LogP contribution is 2.16. The molecule has 0 radical (unpaired) electrons. The molecule has 25 heavy (non-hydrogen) atoms. The summed E-state index contributed by atoms with van der Waals surface area (Å²) >= 11 is 0. The first-order chi connectivity index (χ1) is 11.9. The zero-order valence-corrected chi connectivity index (χ0v) is 13.8. The highest BCUT2D eigenvalue weighted by Gasteiger charge is 2.28. The van der Waals surface area contributed by atoms with E-state index in [1.807, 2.05) is 19.9 Å². The Morgan fingerprint density at radius 2 is 2.00 bits per heavy atom. The van der Waals surface area contributed by atoms with Gasteiger partial charge in [0, 0.05) is 24.5 Å². The molecule has 0 saturated carbocycles. The van der Waals surface area contributed by atoms with E-state index in [0.717, 1.165) is 11.4 Å². The van der Waals surface area contributed by atoms with E-state index < -0.39 is 5.91 Å². The third-order valence-electron chi connectivity index (χ3n) is 4.21. The average molecular weight is 340 g/mol. The Morgan fingerprint density at radius 1 is 1.20 bits per heavy atom. The molecular formula is C15H16N8O2. The summed E-state index contributed by atoms with van der Waals surface area (Å²) in [6.07, 6.45) is 1.44. The number of nitrogens with two attached hydrogens (primary N) is 1. The lowest BCUT2D eigenvalue weighted by molar-refractivity contribution is 0.0694. The van der Waals surface area contributed by atoms with Crippen LogP contribution < -0.4 is 5.73 Å². The first kappa shape index (κ1) is 15.2. The topological polar surface area (TPSA) is 124 Å². The van der Waals surface area contributed by atoms with Crippen molar-refractivity contribution in [1.29, 1.82) is 0 Å².